The molecule has 1 saturated heterocycles. The third-order valence-corrected chi connectivity index (χ3v) is 7.44. The Kier molecular flexibility index (Phi) is 3.96. The highest BCUT2D eigenvalue weighted by Crippen LogP contribution is 2.36. The first kappa shape index (κ1) is 14.8. The minimum Gasteiger partial charge on any atom is -0.228 e. The van der Waals surface area contributed by atoms with Gasteiger partial charge < -0.3 is 0 Å². The van der Waals surface area contributed by atoms with Gasteiger partial charge in [0, 0.05) is 0 Å². The van der Waals surface area contributed by atoms with Gasteiger partial charge in [-0.3, -0.25) is 0 Å². The lowest BCUT2D eigenvalue weighted by Gasteiger charge is -2.33. The summed E-state index contributed by atoms with van der Waals surface area (Å²) in [5, 5.41) is -0.332. The van der Waals surface area contributed by atoms with E-state index in [1.807, 2.05) is 6.08 Å². The van der Waals surface area contributed by atoms with Crippen LogP contribution in [0.15, 0.2) is 35.9 Å². The fourth-order valence-corrected chi connectivity index (χ4v) is 5.87. The largest absolute Gasteiger partial charge is 0.228 e. The van der Waals surface area contributed by atoms with Gasteiger partial charge in [0.15, 0.2) is 9.84 Å². The van der Waals surface area contributed by atoms with Crippen LogP contribution in [0.25, 0.3) is 0 Å². The fraction of sp³-hybridized carbons (Fsp3) is 0.556. The number of hydrogen-bond donors (Lipinski definition) is 0. The van der Waals surface area contributed by atoms with Crippen LogP contribution in [-0.2, 0) is 16.3 Å². The van der Waals surface area contributed by atoms with Crippen molar-refractivity contribution in [1.82, 2.24) is 0 Å². The van der Waals surface area contributed by atoms with Crippen LogP contribution in [0.5, 0.6) is 0 Å². The van der Waals surface area contributed by atoms with Gasteiger partial charge >= 0.3 is 0 Å². The third kappa shape index (κ3) is 2.94. The van der Waals surface area contributed by atoms with Crippen molar-refractivity contribution in [2.45, 2.75) is 62.4 Å². The molecule has 0 amide bonds. The maximum atomic E-state index is 12.3. The van der Waals surface area contributed by atoms with Gasteiger partial charge in [-0.05, 0) is 42.7 Å². The molecular weight excluding hydrogens is 280 g/mol. The summed E-state index contributed by atoms with van der Waals surface area (Å²) in [5.41, 5.74) is 3.97. The summed E-state index contributed by atoms with van der Waals surface area (Å²) in [6.07, 6.45) is 6.41. The Labute approximate surface area is 128 Å². The third-order valence-electron chi connectivity index (χ3n) is 4.89. The van der Waals surface area contributed by atoms with Crippen molar-refractivity contribution in [3.05, 3.63) is 47.0 Å². The molecule has 0 aliphatic carbocycles. The van der Waals surface area contributed by atoms with Crippen LogP contribution in [0.3, 0.4) is 0 Å². The van der Waals surface area contributed by atoms with Crippen molar-refractivity contribution in [1.29, 1.82) is 0 Å². The fourth-order valence-electron chi connectivity index (χ4n) is 3.56. The predicted octanol–water partition coefficient (Wildman–Crippen LogP) is 4.02. The molecule has 0 spiro atoms. The molecule has 2 heterocycles. The molecule has 2 bridgehead atoms. The molecular formula is C18H24O2S. The van der Waals surface area contributed by atoms with Crippen LogP contribution in [-0.4, -0.2) is 18.9 Å². The van der Waals surface area contributed by atoms with E-state index in [1.165, 1.54) is 16.7 Å². The monoisotopic (exact) mass is 304 g/mol. The van der Waals surface area contributed by atoms with E-state index in [2.05, 4.69) is 38.1 Å². The summed E-state index contributed by atoms with van der Waals surface area (Å²) >= 11 is 0. The second-order valence-corrected chi connectivity index (χ2v) is 9.23. The molecule has 0 saturated carbocycles. The summed E-state index contributed by atoms with van der Waals surface area (Å²) in [7, 11) is -2.89. The van der Waals surface area contributed by atoms with Crippen molar-refractivity contribution in [3.8, 4) is 0 Å². The van der Waals surface area contributed by atoms with E-state index >= 15 is 0 Å². The zero-order valence-electron chi connectivity index (χ0n) is 12.9. The highest BCUT2D eigenvalue weighted by Gasteiger charge is 2.39. The highest BCUT2D eigenvalue weighted by molar-refractivity contribution is 7.92. The normalized spacial score (nSPS) is 27.5. The molecule has 2 nitrogen and oxygen atoms in total. The second-order valence-electron chi connectivity index (χ2n) is 6.78. The van der Waals surface area contributed by atoms with E-state index in [9.17, 15) is 8.42 Å². The standard InChI is InChI=1S/C18H24O2S/c1-13(2)16-8-6-14(7-9-16)10-15-11-17-4-3-5-18(12-15)21(17,19)20/h6-9,11,13,17-18H,3-5,10,12H2,1-2H3. The Balaban J connectivity index is 1.78. The lowest BCUT2D eigenvalue weighted by Crippen LogP contribution is -2.39. The summed E-state index contributed by atoms with van der Waals surface area (Å²) in [6, 6.07) is 8.77. The number of fused-ring (bicyclic) bond motifs is 2. The van der Waals surface area contributed by atoms with Gasteiger partial charge in [0.25, 0.3) is 0 Å². The molecule has 0 N–H and O–H groups in total. The Morgan fingerprint density at radius 3 is 2.48 bits per heavy atom. The molecule has 2 unspecified atom stereocenters. The average Bonchev–Trinajstić information content (AvgIpc) is 2.40. The first-order valence-electron chi connectivity index (χ1n) is 7.98. The quantitative estimate of drug-likeness (QED) is 0.790. The van der Waals surface area contributed by atoms with Gasteiger partial charge in [-0.25, -0.2) is 8.42 Å². The summed E-state index contributed by atoms with van der Waals surface area (Å²) in [5.74, 6) is 0.553. The maximum absolute atomic E-state index is 12.3. The molecule has 3 rings (SSSR count). The highest BCUT2D eigenvalue weighted by atomic mass is 32.2. The van der Waals surface area contributed by atoms with Crippen molar-refractivity contribution >= 4 is 9.84 Å². The van der Waals surface area contributed by atoms with Gasteiger partial charge in [-0.2, -0.15) is 0 Å². The van der Waals surface area contributed by atoms with Gasteiger partial charge in [0.2, 0.25) is 0 Å². The number of allylic oxidation sites excluding steroid dienone is 1. The Morgan fingerprint density at radius 1 is 1.14 bits per heavy atom. The van der Waals surface area contributed by atoms with Crippen LogP contribution in [0.2, 0.25) is 0 Å². The Hall–Kier alpha value is -1.09. The lowest BCUT2D eigenvalue weighted by molar-refractivity contribution is 0.507. The van der Waals surface area contributed by atoms with Crippen LogP contribution < -0.4 is 0 Å². The molecule has 114 valence electrons. The molecule has 3 heteroatoms. The molecule has 1 aromatic rings. The Morgan fingerprint density at radius 2 is 1.86 bits per heavy atom. The molecule has 2 atom stereocenters. The van der Waals surface area contributed by atoms with Crippen molar-refractivity contribution < 1.29 is 8.42 Å². The van der Waals surface area contributed by atoms with Crippen LogP contribution in [0, 0.1) is 0 Å². The maximum Gasteiger partial charge on any atom is 0.159 e. The van der Waals surface area contributed by atoms with E-state index < -0.39 is 9.84 Å². The first-order valence-corrected chi connectivity index (χ1v) is 9.59. The van der Waals surface area contributed by atoms with E-state index in [-0.39, 0.29) is 10.5 Å². The first-order chi connectivity index (χ1) is 9.96. The zero-order valence-corrected chi connectivity index (χ0v) is 13.7. The van der Waals surface area contributed by atoms with Gasteiger partial charge in [0.1, 0.15) is 0 Å². The van der Waals surface area contributed by atoms with Crippen molar-refractivity contribution in [2.24, 2.45) is 0 Å². The van der Waals surface area contributed by atoms with Crippen molar-refractivity contribution in [3.63, 3.8) is 0 Å². The second kappa shape index (κ2) is 5.60. The Bertz CT molecular complexity index is 638. The minimum atomic E-state index is -2.89. The molecule has 2 aliphatic heterocycles. The van der Waals surface area contributed by atoms with E-state index in [1.54, 1.807) is 0 Å². The number of benzene rings is 1. The van der Waals surface area contributed by atoms with E-state index in [4.69, 9.17) is 0 Å². The summed E-state index contributed by atoms with van der Waals surface area (Å²) in [6.45, 7) is 4.40. The molecule has 1 aromatic carbocycles. The summed E-state index contributed by atoms with van der Waals surface area (Å²) in [4.78, 5) is 0. The van der Waals surface area contributed by atoms with Gasteiger partial charge in [0.05, 0.1) is 10.5 Å². The van der Waals surface area contributed by atoms with E-state index in [0.717, 1.165) is 32.1 Å². The SMILES string of the molecule is CC(C)c1ccc(CC2=CC3CCCC(C2)S3(=O)=O)cc1. The predicted molar refractivity (Wildman–Crippen MR) is 87.3 cm³/mol. The number of hydrogen-bond acceptors (Lipinski definition) is 2. The zero-order chi connectivity index (χ0) is 15.0. The van der Waals surface area contributed by atoms with E-state index in [0.29, 0.717) is 5.92 Å². The minimum absolute atomic E-state index is 0.119. The molecule has 0 aromatic heterocycles. The topological polar surface area (TPSA) is 34.1 Å². The van der Waals surface area contributed by atoms with Crippen LogP contribution >= 0.6 is 0 Å². The van der Waals surface area contributed by atoms with Gasteiger partial charge in [-0.15, -0.1) is 0 Å². The summed E-state index contributed by atoms with van der Waals surface area (Å²) < 4.78 is 24.5. The molecule has 0 radical (unpaired) electrons. The molecule has 21 heavy (non-hydrogen) atoms. The van der Waals surface area contributed by atoms with Crippen LogP contribution in [0.4, 0.5) is 0 Å². The lowest BCUT2D eigenvalue weighted by atomic mass is 9.93. The molecule has 1 fully saturated rings. The van der Waals surface area contributed by atoms with Gasteiger partial charge in [-0.1, -0.05) is 56.2 Å². The number of rotatable bonds is 3. The average molecular weight is 304 g/mol. The molecule has 2 aliphatic rings. The smallest absolute Gasteiger partial charge is 0.159 e. The number of sulfone groups is 1. The van der Waals surface area contributed by atoms with Crippen LogP contribution in [0.1, 0.15) is 56.6 Å². The van der Waals surface area contributed by atoms with Crippen molar-refractivity contribution in [2.75, 3.05) is 0 Å².